The smallest absolute Gasteiger partial charge is 0.315 e. The number of rotatable bonds is 9. The van der Waals surface area contributed by atoms with Crippen LogP contribution in [-0.2, 0) is 4.79 Å². The third kappa shape index (κ3) is 7.03. The summed E-state index contributed by atoms with van der Waals surface area (Å²) >= 11 is 0. The van der Waals surface area contributed by atoms with Crippen molar-refractivity contribution in [2.24, 2.45) is 0 Å². The Bertz CT molecular complexity index is 654. The van der Waals surface area contributed by atoms with Gasteiger partial charge in [-0.1, -0.05) is 12.1 Å². The Morgan fingerprint density at radius 2 is 1.86 bits per heavy atom. The highest BCUT2D eigenvalue weighted by molar-refractivity contribution is 5.84. The fourth-order valence-corrected chi connectivity index (χ4v) is 3.43. The van der Waals surface area contributed by atoms with Crippen molar-refractivity contribution in [1.82, 2.24) is 20.9 Å². The van der Waals surface area contributed by atoms with Gasteiger partial charge >= 0.3 is 6.03 Å². The minimum atomic E-state index is -0.248. The molecule has 0 spiro atoms. The maximum absolute atomic E-state index is 11.7. The largest absolute Gasteiger partial charge is 0.369 e. The predicted octanol–water partition coefficient (Wildman–Crippen LogP) is 1.48. The van der Waals surface area contributed by atoms with E-state index in [1.165, 1.54) is 11.3 Å². The lowest BCUT2D eigenvalue weighted by Gasteiger charge is -2.36. The van der Waals surface area contributed by atoms with Crippen molar-refractivity contribution in [1.29, 1.82) is 0 Å². The van der Waals surface area contributed by atoms with Gasteiger partial charge in [-0.2, -0.15) is 0 Å². The van der Waals surface area contributed by atoms with Gasteiger partial charge in [0.1, 0.15) is 0 Å². The van der Waals surface area contributed by atoms with E-state index in [1.54, 1.807) is 0 Å². The van der Waals surface area contributed by atoms with Crippen molar-refractivity contribution in [3.63, 3.8) is 0 Å². The van der Waals surface area contributed by atoms with Crippen LogP contribution in [0.1, 0.15) is 31.2 Å². The molecule has 1 aliphatic carbocycles. The number of benzene rings is 1. The average Bonchev–Trinajstić information content (AvgIpc) is 3.50. The Kier molecular flexibility index (Phi) is 7.54. The van der Waals surface area contributed by atoms with Gasteiger partial charge in [0, 0.05) is 44.5 Å². The van der Waals surface area contributed by atoms with Crippen LogP contribution in [0.25, 0.3) is 0 Å². The zero-order chi connectivity index (χ0) is 19.8. The SMILES string of the molecule is Cc1cccc(N2CCN(CCCCNC(=O)CNC(=O)NC3CC3)CC2)c1. The van der Waals surface area contributed by atoms with E-state index in [0.717, 1.165) is 58.4 Å². The molecule has 28 heavy (non-hydrogen) atoms. The summed E-state index contributed by atoms with van der Waals surface area (Å²) in [6, 6.07) is 8.76. The van der Waals surface area contributed by atoms with E-state index >= 15 is 0 Å². The van der Waals surface area contributed by atoms with Gasteiger partial charge in [-0.05, 0) is 56.8 Å². The number of nitrogens with zero attached hydrogens (tertiary/aromatic N) is 2. The number of aryl methyl sites for hydroxylation is 1. The highest BCUT2D eigenvalue weighted by Gasteiger charge is 2.23. The lowest BCUT2D eigenvalue weighted by molar-refractivity contribution is -0.120. The fourth-order valence-electron chi connectivity index (χ4n) is 3.43. The molecule has 0 unspecified atom stereocenters. The number of hydrogen-bond donors (Lipinski definition) is 3. The van der Waals surface area contributed by atoms with Gasteiger partial charge in [-0.25, -0.2) is 4.79 Å². The molecule has 0 bridgehead atoms. The van der Waals surface area contributed by atoms with Crippen LogP contribution in [0.4, 0.5) is 10.5 Å². The first kappa shape index (κ1) is 20.5. The summed E-state index contributed by atoms with van der Waals surface area (Å²) in [6.45, 7) is 8.20. The number of hydrogen-bond acceptors (Lipinski definition) is 4. The molecule has 3 rings (SSSR count). The molecule has 154 valence electrons. The third-order valence-electron chi connectivity index (χ3n) is 5.28. The van der Waals surface area contributed by atoms with E-state index in [9.17, 15) is 9.59 Å². The van der Waals surface area contributed by atoms with Gasteiger partial charge < -0.3 is 20.9 Å². The molecule has 0 radical (unpaired) electrons. The quantitative estimate of drug-likeness (QED) is 0.561. The number of urea groups is 1. The van der Waals surface area contributed by atoms with Crippen LogP contribution in [0.3, 0.4) is 0 Å². The lowest BCUT2D eigenvalue weighted by Crippen LogP contribution is -2.46. The Balaban J connectivity index is 1.20. The molecule has 3 amide bonds. The first-order valence-electron chi connectivity index (χ1n) is 10.5. The third-order valence-corrected chi connectivity index (χ3v) is 5.28. The summed E-state index contributed by atoms with van der Waals surface area (Å²) in [5.74, 6) is -0.127. The van der Waals surface area contributed by atoms with E-state index in [1.807, 2.05) is 0 Å². The van der Waals surface area contributed by atoms with Crippen molar-refractivity contribution >= 4 is 17.6 Å². The summed E-state index contributed by atoms with van der Waals surface area (Å²) in [6.07, 6.45) is 4.11. The van der Waals surface area contributed by atoms with Crippen LogP contribution in [0, 0.1) is 6.92 Å². The Labute approximate surface area is 167 Å². The lowest BCUT2D eigenvalue weighted by atomic mass is 10.2. The first-order chi connectivity index (χ1) is 13.6. The molecule has 2 aliphatic rings. The molecule has 1 saturated heterocycles. The zero-order valence-electron chi connectivity index (χ0n) is 16.9. The van der Waals surface area contributed by atoms with Crippen molar-refractivity contribution < 1.29 is 9.59 Å². The standard InChI is InChI=1S/C21H33N5O2/c1-17-5-4-6-19(15-17)26-13-11-25(12-14-26)10-3-2-9-22-20(27)16-23-21(28)24-18-7-8-18/h4-6,15,18H,2-3,7-14,16H2,1H3,(H,22,27)(H2,23,24,28). The molecule has 1 aromatic rings. The molecule has 2 fully saturated rings. The molecule has 1 heterocycles. The fraction of sp³-hybridized carbons (Fsp3) is 0.619. The zero-order valence-corrected chi connectivity index (χ0v) is 16.9. The molecular formula is C21H33N5O2. The summed E-state index contributed by atoms with van der Waals surface area (Å²) in [5.41, 5.74) is 2.63. The van der Waals surface area contributed by atoms with E-state index in [0.29, 0.717) is 12.6 Å². The van der Waals surface area contributed by atoms with E-state index in [4.69, 9.17) is 0 Å². The first-order valence-corrected chi connectivity index (χ1v) is 10.5. The second-order valence-corrected chi connectivity index (χ2v) is 7.83. The number of carbonyl (C=O) groups excluding carboxylic acids is 2. The maximum Gasteiger partial charge on any atom is 0.315 e. The van der Waals surface area contributed by atoms with E-state index in [2.05, 4.69) is 56.9 Å². The van der Waals surface area contributed by atoms with Crippen LogP contribution < -0.4 is 20.9 Å². The number of carbonyl (C=O) groups is 2. The predicted molar refractivity (Wildman–Crippen MR) is 112 cm³/mol. The van der Waals surface area contributed by atoms with Gasteiger partial charge in [0.05, 0.1) is 6.54 Å². The molecule has 1 saturated carbocycles. The molecule has 7 heteroatoms. The van der Waals surface area contributed by atoms with Gasteiger partial charge in [0.2, 0.25) is 5.91 Å². The molecular weight excluding hydrogens is 354 g/mol. The van der Waals surface area contributed by atoms with Crippen molar-refractivity contribution in [2.75, 3.05) is 50.7 Å². The van der Waals surface area contributed by atoms with E-state index < -0.39 is 0 Å². The van der Waals surface area contributed by atoms with Crippen LogP contribution in [-0.4, -0.2) is 68.7 Å². The maximum atomic E-state index is 11.7. The van der Waals surface area contributed by atoms with Crippen molar-refractivity contribution in [3.05, 3.63) is 29.8 Å². The van der Waals surface area contributed by atoms with Crippen molar-refractivity contribution in [3.8, 4) is 0 Å². The van der Waals surface area contributed by atoms with Crippen LogP contribution in [0.15, 0.2) is 24.3 Å². The average molecular weight is 388 g/mol. The molecule has 3 N–H and O–H groups in total. The normalized spacial score (nSPS) is 17.2. The van der Waals surface area contributed by atoms with Crippen LogP contribution >= 0.6 is 0 Å². The van der Waals surface area contributed by atoms with E-state index in [-0.39, 0.29) is 18.5 Å². The molecule has 7 nitrogen and oxygen atoms in total. The molecule has 1 aliphatic heterocycles. The number of piperazine rings is 1. The number of amides is 3. The highest BCUT2D eigenvalue weighted by atomic mass is 16.2. The molecule has 1 aromatic carbocycles. The molecule has 0 atom stereocenters. The van der Waals surface area contributed by atoms with Gasteiger partial charge in [0.15, 0.2) is 0 Å². The Morgan fingerprint density at radius 3 is 2.57 bits per heavy atom. The molecule has 0 aromatic heterocycles. The summed E-state index contributed by atoms with van der Waals surface area (Å²) < 4.78 is 0. The number of unbranched alkanes of at least 4 members (excludes halogenated alkanes) is 1. The topological polar surface area (TPSA) is 76.7 Å². The van der Waals surface area contributed by atoms with Gasteiger partial charge in [-0.15, -0.1) is 0 Å². The minimum absolute atomic E-state index is 0.0411. The van der Waals surface area contributed by atoms with Gasteiger partial charge in [-0.3, -0.25) is 9.69 Å². The van der Waals surface area contributed by atoms with Gasteiger partial charge in [0.25, 0.3) is 0 Å². The van der Waals surface area contributed by atoms with Crippen molar-refractivity contribution in [2.45, 2.75) is 38.6 Å². The second kappa shape index (κ2) is 10.3. The Hall–Kier alpha value is -2.28. The summed E-state index contributed by atoms with van der Waals surface area (Å²) in [4.78, 5) is 28.2. The van der Waals surface area contributed by atoms with Crippen LogP contribution in [0.5, 0.6) is 0 Å². The second-order valence-electron chi connectivity index (χ2n) is 7.83. The summed E-state index contributed by atoms with van der Waals surface area (Å²) in [5, 5.41) is 8.26. The minimum Gasteiger partial charge on any atom is -0.369 e. The highest BCUT2D eigenvalue weighted by Crippen LogP contribution is 2.18. The van der Waals surface area contributed by atoms with Crippen LogP contribution in [0.2, 0.25) is 0 Å². The number of nitrogens with one attached hydrogen (secondary N) is 3. The number of anilines is 1. The summed E-state index contributed by atoms with van der Waals surface area (Å²) in [7, 11) is 0. The monoisotopic (exact) mass is 387 g/mol. The Morgan fingerprint density at radius 1 is 1.07 bits per heavy atom.